The van der Waals surface area contributed by atoms with Crippen molar-refractivity contribution in [2.24, 2.45) is 0 Å². The van der Waals surface area contributed by atoms with E-state index in [1.807, 2.05) is 49.4 Å². The van der Waals surface area contributed by atoms with Crippen molar-refractivity contribution >= 4 is 23.1 Å². The molecule has 4 rings (SSSR count). The average molecular weight is 343 g/mol. The second-order valence-corrected chi connectivity index (χ2v) is 5.97. The van der Waals surface area contributed by atoms with Crippen LogP contribution in [0.15, 0.2) is 54.6 Å². The molecule has 2 heterocycles. The molecular weight excluding hydrogens is 326 g/mol. The lowest BCUT2D eigenvalue weighted by Gasteiger charge is -2.09. The number of nitrogens with zero attached hydrogens (tertiary/aromatic N) is 4. The third kappa shape index (κ3) is 3.75. The number of hydrogen-bond acceptors (Lipinski definition) is 5. The molecule has 26 heavy (non-hydrogen) atoms. The van der Waals surface area contributed by atoms with Crippen LogP contribution in [0.5, 0.6) is 5.75 Å². The molecule has 0 unspecified atom stereocenters. The van der Waals surface area contributed by atoms with Gasteiger partial charge in [-0.15, -0.1) is 10.2 Å². The van der Waals surface area contributed by atoms with Crippen LogP contribution in [0.3, 0.4) is 0 Å². The number of H-pyrrole nitrogens is 1. The maximum atomic E-state index is 5.95. The number of ether oxygens (including phenoxy) is 1. The highest BCUT2D eigenvalue weighted by Crippen LogP contribution is 2.20. The molecule has 0 aliphatic rings. The number of rotatable bonds is 5. The Morgan fingerprint density at radius 3 is 2.85 bits per heavy atom. The van der Waals surface area contributed by atoms with Gasteiger partial charge in [-0.05, 0) is 53.6 Å². The highest BCUT2D eigenvalue weighted by molar-refractivity contribution is 5.78. The van der Waals surface area contributed by atoms with Crippen LogP contribution in [-0.2, 0) is 6.61 Å². The second kappa shape index (κ2) is 7.14. The summed E-state index contributed by atoms with van der Waals surface area (Å²) in [6, 6.07) is 18.2. The SMILES string of the molecule is Cc1cc(C=Cc2nn[nH]n2)cc(OCc2ccc3ccccc3n2)c1. The Bertz CT molecular complexity index is 1060. The summed E-state index contributed by atoms with van der Waals surface area (Å²) in [5, 5.41) is 14.9. The fraction of sp³-hybridized carbons (Fsp3) is 0.100. The lowest BCUT2D eigenvalue weighted by molar-refractivity contribution is 0.301. The lowest BCUT2D eigenvalue weighted by atomic mass is 10.1. The molecule has 4 aromatic rings. The van der Waals surface area contributed by atoms with Gasteiger partial charge in [-0.25, -0.2) is 4.98 Å². The number of benzene rings is 2. The molecule has 1 N–H and O–H groups in total. The van der Waals surface area contributed by atoms with Gasteiger partial charge >= 0.3 is 0 Å². The standard InChI is InChI=1S/C20H17N5O/c1-14-10-15(6-9-20-22-24-25-23-20)12-18(11-14)26-13-17-8-7-16-4-2-3-5-19(16)21-17/h2-12H,13H2,1H3,(H,22,23,24,25). The van der Waals surface area contributed by atoms with Crippen LogP contribution in [0.4, 0.5) is 0 Å². The first-order chi connectivity index (χ1) is 12.8. The Labute approximate surface area is 150 Å². The number of pyridine rings is 1. The van der Waals surface area contributed by atoms with Gasteiger partial charge in [0.25, 0.3) is 0 Å². The van der Waals surface area contributed by atoms with E-state index in [1.165, 1.54) is 0 Å². The molecule has 0 bridgehead atoms. The van der Waals surface area contributed by atoms with Crippen molar-refractivity contribution in [1.82, 2.24) is 25.6 Å². The summed E-state index contributed by atoms with van der Waals surface area (Å²) in [6.45, 7) is 2.45. The minimum atomic E-state index is 0.419. The highest BCUT2D eigenvalue weighted by atomic mass is 16.5. The minimum absolute atomic E-state index is 0.419. The van der Waals surface area contributed by atoms with E-state index in [-0.39, 0.29) is 0 Å². The van der Waals surface area contributed by atoms with Crippen molar-refractivity contribution in [1.29, 1.82) is 0 Å². The number of nitrogens with one attached hydrogen (secondary N) is 1. The lowest BCUT2D eigenvalue weighted by Crippen LogP contribution is -1.99. The van der Waals surface area contributed by atoms with Crippen LogP contribution in [0, 0.1) is 6.92 Å². The van der Waals surface area contributed by atoms with Crippen LogP contribution in [0.25, 0.3) is 23.1 Å². The van der Waals surface area contributed by atoms with Crippen molar-refractivity contribution in [2.75, 3.05) is 0 Å². The second-order valence-electron chi connectivity index (χ2n) is 5.97. The van der Waals surface area contributed by atoms with Gasteiger partial charge in [-0.1, -0.05) is 36.4 Å². The van der Waals surface area contributed by atoms with Crippen molar-refractivity contribution in [3.8, 4) is 5.75 Å². The van der Waals surface area contributed by atoms with Gasteiger partial charge in [-0.2, -0.15) is 5.21 Å². The predicted octanol–water partition coefficient (Wildman–Crippen LogP) is 3.81. The Kier molecular flexibility index (Phi) is 4.38. The molecule has 0 fully saturated rings. The minimum Gasteiger partial charge on any atom is -0.487 e. The van der Waals surface area contributed by atoms with Gasteiger partial charge in [0.2, 0.25) is 0 Å². The van der Waals surface area contributed by atoms with E-state index >= 15 is 0 Å². The van der Waals surface area contributed by atoms with E-state index in [1.54, 1.807) is 6.08 Å². The molecular formula is C20H17N5O. The Morgan fingerprint density at radius 2 is 1.96 bits per heavy atom. The monoisotopic (exact) mass is 343 g/mol. The molecule has 128 valence electrons. The molecule has 0 spiro atoms. The van der Waals surface area contributed by atoms with E-state index in [4.69, 9.17) is 4.74 Å². The molecule has 6 nitrogen and oxygen atoms in total. The zero-order chi connectivity index (χ0) is 17.8. The summed E-state index contributed by atoms with van der Waals surface area (Å²) in [6.07, 6.45) is 3.73. The largest absolute Gasteiger partial charge is 0.487 e. The number of fused-ring (bicyclic) bond motifs is 1. The predicted molar refractivity (Wildman–Crippen MR) is 100 cm³/mol. The molecule has 0 saturated carbocycles. The Hall–Kier alpha value is -3.54. The maximum absolute atomic E-state index is 5.95. The Balaban J connectivity index is 1.50. The van der Waals surface area contributed by atoms with Crippen LogP contribution in [0.1, 0.15) is 22.6 Å². The van der Waals surface area contributed by atoms with E-state index in [0.717, 1.165) is 33.5 Å². The molecule has 6 heteroatoms. The molecule has 0 aliphatic heterocycles. The van der Waals surface area contributed by atoms with Crippen molar-refractivity contribution in [2.45, 2.75) is 13.5 Å². The third-order valence-electron chi connectivity index (χ3n) is 3.90. The number of aromatic amines is 1. The quantitative estimate of drug-likeness (QED) is 0.596. The van der Waals surface area contributed by atoms with Crippen LogP contribution < -0.4 is 4.74 Å². The van der Waals surface area contributed by atoms with Gasteiger partial charge in [0.1, 0.15) is 12.4 Å². The van der Waals surface area contributed by atoms with E-state index in [0.29, 0.717) is 12.4 Å². The molecule has 0 saturated heterocycles. The first kappa shape index (κ1) is 16.0. The molecule has 0 aliphatic carbocycles. The van der Waals surface area contributed by atoms with Gasteiger partial charge in [0, 0.05) is 5.39 Å². The summed E-state index contributed by atoms with van der Waals surface area (Å²) in [4.78, 5) is 4.64. The first-order valence-electron chi connectivity index (χ1n) is 8.27. The van der Waals surface area contributed by atoms with Gasteiger partial charge in [-0.3, -0.25) is 0 Å². The van der Waals surface area contributed by atoms with Crippen LogP contribution in [0.2, 0.25) is 0 Å². The van der Waals surface area contributed by atoms with Crippen LogP contribution in [-0.4, -0.2) is 25.6 Å². The van der Waals surface area contributed by atoms with Crippen molar-refractivity contribution in [3.63, 3.8) is 0 Å². The number of tetrazole rings is 1. The highest BCUT2D eigenvalue weighted by Gasteiger charge is 2.02. The fourth-order valence-corrected chi connectivity index (χ4v) is 2.71. The van der Waals surface area contributed by atoms with Crippen molar-refractivity contribution in [3.05, 3.63) is 77.2 Å². The number of para-hydroxylation sites is 1. The van der Waals surface area contributed by atoms with Gasteiger partial charge in [0.15, 0.2) is 5.82 Å². The maximum Gasteiger partial charge on any atom is 0.197 e. The average Bonchev–Trinajstić information content (AvgIpc) is 3.18. The summed E-state index contributed by atoms with van der Waals surface area (Å²) < 4.78 is 5.95. The van der Waals surface area contributed by atoms with Gasteiger partial charge < -0.3 is 4.74 Å². The molecule has 2 aromatic heterocycles. The zero-order valence-electron chi connectivity index (χ0n) is 14.3. The zero-order valence-corrected chi connectivity index (χ0v) is 14.3. The molecule has 0 radical (unpaired) electrons. The smallest absolute Gasteiger partial charge is 0.197 e. The number of aromatic nitrogens is 5. The summed E-state index contributed by atoms with van der Waals surface area (Å²) in [7, 11) is 0. The summed E-state index contributed by atoms with van der Waals surface area (Å²) in [5.41, 5.74) is 3.99. The summed E-state index contributed by atoms with van der Waals surface area (Å²) in [5.74, 6) is 1.34. The molecule has 2 aromatic carbocycles. The Morgan fingerprint density at radius 1 is 1.04 bits per heavy atom. The van der Waals surface area contributed by atoms with Crippen molar-refractivity contribution < 1.29 is 4.74 Å². The number of aryl methyl sites for hydroxylation is 1. The summed E-state index contributed by atoms with van der Waals surface area (Å²) >= 11 is 0. The fourth-order valence-electron chi connectivity index (χ4n) is 2.71. The van der Waals surface area contributed by atoms with E-state index in [9.17, 15) is 0 Å². The van der Waals surface area contributed by atoms with Gasteiger partial charge in [0.05, 0.1) is 11.2 Å². The van der Waals surface area contributed by atoms with E-state index < -0.39 is 0 Å². The normalized spacial score (nSPS) is 11.3. The van der Waals surface area contributed by atoms with Crippen LogP contribution >= 0.6 is 0 Å². The number of hydrogen-bond donors (Lipinski definition) is 1. The molecule has 0 amide bonds. The molecule has 0 atom stereocenters. The third-order valence-corrected chi connectivity index (χ3v) is 3.90. The first-order valence-corrected chi connectivity index (χ1v) is 8.27. The topological polar surface area (TPSA) is 76.6 Å². The van der Waals surface area contributed by atoms with E-state index in [2.05, 4.69) is 43.8 Å².